The van der Waals surface area contributed by atoms with Gasteiger partial charge in [-0.2, -0.15) is 0 Å². The zero-order valence-electron chi connectivity index (χ0n) is 17.1. The van der Waals surface area contributed by atoms with Crippen LogP contribution in [-0.4, -0.2) is 22.9 Å². The van der Waals surface area contributed by atoms with Gasteiger partial charge < -0.3 is 9.30 Å². The van der Waals surface area contributed by atoms with Gasteiger partial charge in [0.2, 0.25) is 0 Å². The van der Waals surface area contributed by atoms with Crippen LogP contribution in [0, 0.1) is 20.8 Å². The number of fused-ring (bicyclic) bond motifs is 1. The van der Waals surface area contributed by atoms with Crippen molar-refractivity contribution in [3.8, 4) is 5.69 Å². The molecule has 0 saturated carbocycles. The predicted molar refractivity (Wildman–Crippen MR) is 113 cm³/mol. The minimum absolute atomic E-state index is 0.166. The summed E-state index contributed by atoms with van der Waals surface area (Å²) in [5.74, 6) is -0.633. The Hall–Kier alpha value is -3.14. The fourth-order valence-corrected chi connectivity index (χ4v) is 4.10. The Morgan fingerprint density at radius 2 is 1.66 bits per heavy atom. The van der Waals surface area contributed by atoms with Crippen molar-refractivity contribution in [1.82, 2.24) is 4.57 Å². The summed E-state index contributed by atoms with van der Waals surface area (Å²) in [5.41, 5.74) is 7.60. The summed E-state index contributed by atoms with van der Waals surface area (Å²) < 4.78 is 7.39. The third kappa shape index (κ3) is 3.75. The SMILES string of the molecule is Cc1ccc(-n2c(C)cc(C(=O)OCC(=O)c3ccc4c(c3)CCC4)c2C)cc1. The first kappa shape index (κ1) is 19.2. The quantitative estimate of drug-likeness (QED) is 0.461. The van der Waals surface area contributed by atoms with Crippen LogP contribution in [0.1, 0.15) is 55.2 Å². The second-order valence-corrected chi connectivity index (χ2v) is 7.79. The molecule has 0 N–H and O–H groups in total. The monoisotopic (exact) mass is 387 g/mol. The molecule has 4 rings (SSSR count). The molecule has 29 heavy (non-hydrogen) atoms. The van der Waals surface area contributed by atoms with Crippen LogP contribution in [-0.2, 0) is 17.6 Å². The van der Waals surface area contributed by atoms with Gasteiger partial charge in [-0.05, 0) is 75.4 Å². The zero-order valence-corrected chi connectivity index (χ0v) is 17.1. The molecule has 0 atom stereocenters. The zero-order chi connectivity index (χ0) is 20.5. The molecule has 0 saturated heterocycles. The Morgan fingerprint density at radius 3 is 2.41 bits per heavy atom. The van der Waals surface area contributed by atoms with Crippen LogP contribution in [0.5, 0.6) is 0 Å². The summed E-state index contributed by atoms with van der Waals surface area (Å²) in [6.07, 6.45) is 3.23. The summed E-state index contributed by atoms with van der Waals surface area (Å²) >= 11 is 0. The predicted octanol–water partition coefficient (Wildman–Crippen LogP) is 4.93. The lowest BCUT2D eigenvalue weighted by atomic mass is 10.0. The number of carbonyl (C=O) groups excluding carboxylic acids is 2. The molecule has 4 heteroatoms. The number of benzene rings is 2. The molecular weight excluding hydrogens is 362 g/mol. The maximum absolute atomic E-state index is 12.7. The summed E-state index contributed by atoms with van der Waals surface area (Å²) in [6, 6.07) is 15.8. The molecule has 3 aromatic rings. The van der Waals surface area contributed by atoms with Crippen molar-refractivity contribution in [2.45, 2.75) is 40.0 Å². The molecule has 1 heterocycles. The van der Waals surface area contributed by atoms with E-state index in [9.17, 15) is 9.59 Å². The summed E-state index contributed by atoms with van der Waals surface area (Å²) in [5, 5.41) is 0. The first-order chi connectivity index (χ1) is 13.9. The van der Waals surface area contributed by atoms with E-state index >= 15 is 0 Å². The number of Topliss-reactive ketones (excluding diaryl/α,β-unsaturated/α-hetero) is 1. The van der Waals surface area contributed by atoms with Gasteiger partial charge in [-0.15, -0.1) is 0 Å². The first-order valence-corrected chi connectivity index (χ1v) is 10.0. The number of hydrogen-bond acceptors (Lipinski definition) is 3. The standard InChI is InChI=1S/C25H25NO3/c1-16-7-11-22(12-8-16)26-17(2)13-23(18(26)3)25(28)29-15-24(27)21-10-9-19-5-4-6-20(19)14-21/h7-14H,4-6,15H2,1-3H3. The Labute approximate surface area is 171 Å². The van der Waals surface area contributed by atoms with E-state index in [1.165, 1.54) is 16.7 Å². The normalized spacial score (nSPS) is 12.7. The Kier molecular flexibility index (Phi) is 5.10. The second-order valence-electron chi connectivity index (χ2n) is 7.79. The smallest absolute Gasteiger partial charge is 0.340 e. The first-order valence-electron chi connectivity index (χ1n) is 10.0. The highest BCUT2D eigenvalue weighted by atomic mass is 16.5. The van der Waals surface area contributed by atoms with E-state index in [1.807, 2.05) is 73.9 Å². The largest absolute Gasteiger partial charge is 0.454 e. The molecule has 2 aromatic carbocycles. The van der Waals surface area contributed by atoms with E-state index in [0.717, 1.165) is 36.3 Å². The molecule has 0 radical (unpaired) electrons. The molecule has 0 aliphatic heterocycles. The molecule has 0 amide bonds. The van der Waals surface area contributed by atoms with E-state index in [2.05, 4.69) is 0 Å². The number of hydrogen-bond donors (Lipinski definition) is 0. The van der Waals surface area contributed by atoms with Crippen molar-refractivity contribution in [2.75, 3.05) is 6.61 Å². The van der Waals surface area contributed by atoms with Gasteiger partial charge in [0.15, 0.2) is 12.4 Å². The average molecular weight is 387 g/mol. The van der Waals surface area contributed by atoms with Gasteiger partial charge in [-0.3, -0.25) is 4.79 Å². The van der Waals surface area contributed by atoms with E-state index in [0.29, 0.717) is 11.1 Å². The molecule has 4 nitrogen and oxygen atoms in total. The molecule has 0 bridgehead atoms. The maximum Gasteiger partial charge on any atom is 0.340 e. The van der Waals surface area contributed by atoms with Crippen LogP contribution in [0.3, 0.4) is 0 Å². The minimum Gasteiger partial charge on any atom is -0.454 e. The molecular formula is C25H25NO3. The van der Waals surface area contributed by atoms with Crippen molar-refractivity contribution < 1.29 is 14.3 Å². The van der Waals surface area contributed by atoms with Crippen LogP contribution in [0.4, 0.5) is 0 Å². The van der Waals surface area contributed by atoms with Crippen LogP contribution in [0.25, 0.3) is 5.69 Å². The average Bonchev–Trinajstić information content (AvgIpc) is 3.30. The van der Waals surface area contributed by atoms with E-state index in [4.69, 9.17) is 4.74 Å². The van der Waals surface area contributed by atoms with Gasteiger partial charge in [0.1, 0.15) is 0 Å². The molecule has 0 spiro atoms. The highest BCUT2D eigenvalue weighted by Gasteiger charge is 2.20. The van der Waals surface area contributed by atoms with Gasteiger partial charge in [-0.1, -0.05) is 29.8 Å². The topological polar surface area (TPSA) is 48.3 Å². The van der Waals surface area contributed by atoms with Gasteiger partial charge in [0.05, 0.1) is 5.56 Å². The van der Waals surface area contributed by atoms with E-state index in [-0.39, 0.29) is 12.4 Å². The molecule has 148 valence electrons. The van der Waals surface area contributed by atoms with Crippen LogP contribution in [0.2, 0.25) is 0 Å². The van der Waals surface area contributed by atoms with Gasteiger partial charge >= 0.3 is 5.97 Å². The lowest BCUT2D eigenvalue weighted by Crippen LogP contribution is -2.15. The third-order valence-corrected chi connectivity index (χ3v) is 5.70. The fourth-order valence-electron chi connectivity index (χ4n) is 4.10. The van der Waals surface area contributed by atoms with E-state index in [1.54, 1.807) is 0 Å². The van der Waals surface area contributed by atoms with Crippen LogP contribution >= 0.6 is 0 Å². The van der Waals surface area contributed by atoms with Crippen molar-refractivity contribution in [3.63, 3.8) is 0 Å². The van der Waals surface area contributed by atoms with Crippen molar-refractivity contribution >= 4 is 11.8 Å². The highest BCUT2D eigenvalue weighted by molar-refractivity contribution is 6.00. The number of aromatic nitrogens is 1. The molecule has 0 unspecified atom stereocenters. The van der Waals surface area contributed by atoms with Gasteiger partial charge in [0.25, 0.3) is 0 Å². The molecule has 1 aliphatic carbocycles. The van der Waals surface area contributed by atoms with Crippen LogP contribution in [0.15, 0.2) is 48.5 Å². The number of nitrogens with zero attached hydrogens (tertiary/aromatic N) is 1. The van der Waals surface area contributed by atoms with Gasteiger partial charge in [-0.25, -0.2) is 4.79 Å². The maximum atomic E-state index is 12.7. The highest BCUT2D eigenvalue weighted by Crippen LogP contribution is 2.24. The van der Waals surface area contributed by atoms with E-state index < -0.39 is 5.97 Å². The second kappa shape index (κ2) is 7.70. The summed E-state index contributed by atoms with van der Waals surface area (Å²) in [6.45, 7) is 5.65. The van der Waals surface area contributed by atoms with Crippen molar-refractivity contribution in [3.05, 3.63) is 87.7 Å². The lowest BCUT2D eigenvalue weighted by molar-refractivity contribution is 0.0474. The number of aryl methyl sites for hydroxylation is 4. The summed E-state index contributed by atoms with van der Waals surface area (Å²) in [7, 11) is 0. The number of carbonyl (C=O) groups is 2. The Bertz CT molecular complexity index is 1090. The van der Waals surface area contributed by atoms with Crippen molar-refractivity contribution in [1.29, 1.82) is 0 Å². The number of ether oxygens (including phenoxy) is 1. The minimum atomic E-state index is -0.467. The number of esters is 1. The number of ketones is 1. The van der Waals surface area contributed by atoms with Crippen molar-refractivity contribution in [2.24, 2.45) is 0 Å². The summed E-state index contributed by atoms with van der Waals surface area (Å²) in [4.78, 5) is 25.2. The van der Waals surface area contributed by atoms with Gasteiger partial charge in [0, 0.05) is 22.6 Å². The molecule has 1 aliphatic rings. The Morgan fingerprint density at radius 1 is 0.931 bits per heavy atom. The van der Waals surface area contributed by atoms with Crippen LogP contribution < -0.4 is 0 Å². The third-order valence-electron chi connectivity index (χ3n) is 5.70. The lowest BCUT2D eigenvalue weighted by Gasteiger charge is -2.10. The molecule has 1 aromatic heterocycles. The molecule has 0 fully saturated rings. The Balaban J connectivity index is 1.48. The fraction of sp³-hybridized carbons (Fsp3) is 0.280. The number of rotatable bonds is 5.